The Bertz CT molecular complexity index is 622. The molecule has 1 aromatic carbocycles. The molecule has 0 saturated heterocycles. The lowest BCUT2D eigenvalue weighted by Gasteiger charge is -2.13. The standard InChI is InChI=1S/C22H38N4O3/c1-17(16-26-24)6-3-5-13-25-21(27)15-20-14-18(9-11-22(28)29)8-10-19(20)7-2-4-12-23/h8,10,14,17,26H,2-7,9,11-13,15-16,23-24H2,1H3,(H,25,27)(H,28,29). The summed E-state index contributed by atoms with van der Waals surface area (Å²) in [7, 11) is 0. The van der Waals surface area contributed by atoms with Crippen molar-refractivity contribution in [1.29, 1.82) is 0 Å². The molecule has 0 aliphatic carbocycles. The normalized spacial score (nSPS) is 12.0. The van der Waals surface area contributed by atoms with Gasteiger partial charge in [0.05, 0.1) is 6.42 Å². The first-order valence-corrected chi connectivity index (χ1v) is 10.7. The van der Waals surface area contributed by atoms with Crippen molar-refractivity contribution in [3.63, 3.8) is 0 Å². The van der Waals surface area contributed by atoms with Crippen molar-refractivity contribution in [3.8, 4) is 0 Å². The molecule has 1 rings (SSSR count). The van der Waals surface area contributed by atoms with Crippen LogP contribution in [0.5, 0.6) is 0 Å². The van der Waals surface area contributed by atoms with E-state index in [4.69, 9.17) is 16.7 Å². The fourth-order valence-electron chi connectivity index (χ4n) is 3.34. The highest BCUT2D eigenvalue weighted by Gasteiger charge is 2.10. The Morgan fingerprint density at radius 3 is 2.59 bits per heavy atom. The van der Waals surface area contributed by atoms with Crippen molar-refractivity contribution in [2.75, 3.05) is 19.6 Å². The van der Waals surface area contributed by atoms with Gasteiger partial charge in [-0.05, 0) is 67.7 Å². The van der Waals surface area contributed by atoms with Gasteiger partial charge >= 0.3 is 5.97 Å². The third kappa shape index (κ3) is 11.6. The second-order valence-electron chi connectivity index (χ2n) is 7.78. The van der Waals surface area contributed by atoms with E-state index in [-0.39, 0.29) is 12.3 Å². The summed E-state index contributed by atoms with van der Waals surface area (Å²) in [4.78, 5) is 23.3. The molecular weight excluding hydrogens is 368 g/mol. The summed E-state index contributed by atoms with van der Waals surface area (Å²) in [6, 6.07) is 5.99. The summed E-state index contributed by atoms with van der Waals surface area (Å²) in [5.41, 5.74) is 11.4. The summed E-state index contributed by atoms with van der Waals surface area (Å²) >= 11 is 0. The Labute approximate surface area is 174 Å². The number of carbonyl (C=O) groups is 2. The second-order valence-corrected chi connectivity index (χ2v) is 7.78. The predicted octanol–water partition coefficient (Wildman–Crippen LogP) is 1.91. The molecule has 164 valence electrons. The predicted molar refractivity (Wildman–Crippen MR) is 116 cm³/mol. The van der Waals surface area contributed by atoms with Crippen LogP contribution in [0.15, 0.2) is 18.2 Å². The average Bonchev–Trinajstić information content (AvgIpc) is 2.67. The maximum absolute atomic E-state index is 12.4. The number of hydrogen-bond acceptors (Lipinski definition) is 5. The zero-order chi connectivity index (χ0) is 21.5. The molecular formula is C22H38N4O3. The summed E-state index contributed by atoms with van der Waals surface area (Å²) in [5.74, 6) is 5.05. The van der Waals surface area contributed by atoms with Gasteiger partial charge < -0.3 is 16.2 Å². The highest BCUT2D eigenvalue weighted by Crippen LogP contribution is 2.17. The van der Waals surface area contributed by atoms with E-state index < -0.39 is 5.97 Å². The van der Waals surface area contributed by atoms with Crippen LogP contribution in [0.4, 0.5) is 0 Å². The van der Waals surface area contributed by atoms with Crippen molar-refractivity contribution < 1.29 is 14.7 Å². The summed E-state index contributed by atoms with van der Waals surface area (Å²) in [6.07, 6.45) is 6.79. The molecule has 1 aromatic rings. The lowest BCUT2D eigenvalue weighted by Crippen LogP contribution is -2.28. The van der Waals surface area contributed by atoms with Crippen molar-refractivity contribution in [1.82, 2.24) is 10.7 Å². The third-order valence-electron chi connectivity index (χ3n) is 5.06. The number of unbranched alkanes of at least 4 members (excludes halogenated alkanes) is 2. The molecule has 0 heterocycles. The van der Waals surface area contributed by atoms with Gasteiger partial charge in [0.15, 0.2) is 0 Å². The van der Waals surface area contributed by atoms with Gasteiger partial charge in [-0.3, -0.25) is 20.9 Å². The minimum Gasteiger partial charge on any atom is -0.481 e. The van der Waals surface area contributed by atoms with Crippen molar-refractivity contribution in [2.45, 2.75) is 64.7 Å². The summed E-state index contributed by atoms with van der Waals surface area (Å²) < 4.78 is 0. The van der Waals surface area contributed by atoms with Crippen LogP contribution in [-0.4, -0.2) is 36.6 Å². The van der Waals surface area contributed by atoms with Gasteiger partial charge in [-0.2, -0.15) is 0 Å². The molecule has 0 aliphatic heterocycles. The molecule has 0 radical (unpaired) electrons. The van der Waals surface area contributed by atoms with Crippen LogP contribution in [0.2, 0.25) is 0 Å². The van der Waals surface area contributed by atoms with E-state index in [2.05, 4.69) is 17.7 Å². The smallest absolute Gasteiger partial charge is 0.303 e. The highest BCUT2D eigenvalue weighted by atomic mass is 16.4. The maximum atomic E-state index is 12.4. The first-order chi connectivity index (χ1) is 14.0. The minimum atomic E-state index is -0.812. The Kier molecular flexibility index (Phi) is 12.9. The fourth-order valence-corrected chi connectivity index (χ4v) is 3.34. The SMILES string of the molecule is CC(CCCCNC(=O)Cc1cc(CCC(=O)O)ccc1CCCCN)CNN. The highest BCUT2D eigenvalue weighted by molar-refractivity contribution is 5.79. The van der Waals surface area contributed by atoms with E-state index in [1.807, 2.05) is 18.2 Å². The number of hydrazine groups is 1. The van der Waals surface area contributed by atoms with Crippen LogP contribution in [-0.2, 0) is 28.9 Å². The van der Waals surface area contributed by atoms with E-state index >= 15 is 0 Å². The van der Waals surface area contributed by atoms with E-state index in [0.29, 0.717) is 31.8 Å². The van der Waals surface area contributed by atoms with Gasteiger partial charge in [-0.25, -0.2) is 0 Å². The quantitative estimate of drug-likeness (QED) is 0.162. The van der Waals surface area contributed by atoms with Crippen molar-refractivity contribution >= 4 is 11.9 Å². The van der Waals surface area contributed by atoms with E-state index in [0.717, 1.165) is 61.8 Å². The lowest BCUT2D eigenvalue weighted by molar-refractivity contribution is -0.137. The molecule has 1 amide bonds. The number of carbonyl (C=O) groups excluding carboxylic acids is 1. The second kappa shape index (κ2) is 15.0. The van der Waals surface area contributed by atoms with E-state index in [1.165, 1.54) is 0 Å². The number of hydrogen-bond donors (Lipinski definition) is 5. The van der Waals surface area contributed by atoms with Crippen LogP contribution < -0.4 is 22.3 Å². The number of rotatable bonds is 16. The molecule has 7 N–H and O–H groups in total. The molecule has 7 heteroatoms. The number of carboxylic acids is 1. The van der Waals surface area contributed by atoms with Gasteiger partial charge in [-0.15, -0.1) is 0 Å². The van der Waals surface area contributed by atoms with Crippen LogP contribution >= 0.6 is 0 Å². The number of nitrogens with two attached hydrogens (primary N) is 2. The number of carboxylic acid groups (broad SMARTS) is 1. The summed E-state index contributed by atoms with van der Waals surface area (Å²) in [6.45, 7) is 4.29. The van der Waals surface area contributed by atoms with Crippen LogP contribution in [0.1, 0.15) is 62.1 Å². The number of nitrogens with one attached hydrogen (secondary N) is 2. The monoisotopic (exact) mass is 406 g/mol. The molecule has 1 unspecified atom stereocenters. The average molecular weight is 407 g/mol. The first kappa shape index (κ1) is 25.1. The van der Waals surface area contributed by atoms with E-state index in [9.17, 15) is 9.59 Å². The Morgan fingerprint density at radius 2 is 1.90 bits per heavy atom. The third-order valence-corrected chi connectivity index (χ3v) is 5.06. The van der Waals surface area contributed by atoms with Crippen LogP contribution in [0, 0.1) is 5.92 Å². The molecule has 0 fully saturated rings. The summed E-state index contributed by atoms with van der Waals surface area (Å²) in [5, 5.41) is 11.9. The number of amides is 1. The van der Waals surface area contributed by atoms with E-state index in [1.54, 1.807) is 0 Å². The number of aliphatic carboxylic acids is 1. The topological polar surface area (TPSA) is 130 Å². The Morgan fingerprint density at radius 1 is 1.10 bits per heavy atom. The van der Waals surface area contributed by atoms with Gasteiger partial charge in [0.1, 0.15) is 0 Å². The minimum absolute atomic E-state index is 0.0112. The molecule has 0 aliphatic rings. The Balaban J connectivity index is 2.56. The van der Waals surface area contributed by atoms with Gasteiger partial charge in [-0.1, -0.05) is 31.5 Å². The zero-order valence-corrected chi connectivity index (χ0v) is 17.7. The fraction of sp³-hybridized carbons (Fsp3) is 0.636. The van der Waals surface area contributed by atoms with Gasteiger partial charge in [0.2, 0.25) is 5.91 Å². The van der Waals surface area contributed by atoms with Crippen molar-refractivity contribution in [2.24, 2.45) is 17.5 Å². The first-order valence-electron chi connectivity index (χ1n) is 10.7. The maximum Gasteiger partial charge on any atom is 0.303 e. The molecule has 0 saturated carbocycles. The molecule has 29 heavy (non-hydrogen) atoms. The van der Waals surface area contributed by atoms with Gasteiger partial charge in [0, 0.05) is 19.5 Å². The number of benzene rings is 1. The Hall–Kier alpha value is -1.96. The van der Waals surface area contributed by atoms with Gasteiger partial charge in [0.25, 0.3) is 0 Å². The van der Waals surface area contributed by atoms with Crippen LogP contribution in [0.3, 0.4) is 0 Å². The molecule has 0 spiro atoms. The number of aryl methyl sites for hydroxylation is 2. The molecule has 0 bridgehead atoms. The van der Waals surface area contributed by atoms with Crippen molar-refractivity contribution in [3.05, 3.63) is 34.9 Å². The lowest BCUT2D eigenvalue weighted by atomic mass is 9.95. The molecule has 7 nitrogen and oxygen atoms in total. The zero-order valence-electron chi connectivity index (χ0n) is 17.7. The molecule has 0 aromatic heterocycles. The largest absolute Gasteiger partial charge is 0.481 e. The molecule has 1 atom stereocenters. The van der Waals surface area contributed by atoms with Crippen LogP contribution in [0.25, 0.3) is 0 Å².